The Morgan fingerprint density at radius 3 is 2.67 bits per heavy atom. The summed E-state index contributed by atoms with van der Waals surface area (Å²) in [4.78, 5) is 24.5. The van der Waals surface area contributed by atoms with Crippen LogP contribution in [0.2, 0.25) is 0 Å². The Kier molecular flexibility index (Phi) is 2.65. The average molecular weight is 212 g/mol. The van der Waals surface area contributed by atoms with Crippen molar-refractivity contribution in [2.45, 2.75) is 37.8 Å². The van der Waals surface area contributed by atoms with Gasteiger partial charge in [0.05, 0.1) is 5.92 Å². The molecule has 2 aliphatic heterocycles. The first-order valence-corrected chi connectivity index (χ1v) is 5.39. The lowest BCUT2D eigenvalue weighted by atomic mass is 9.89. The molecular formula is C10H16N2O3. The van der Waals surface area contributed by atoms with Crippen molar-refractivity contribution in [3.05, 3.63) is 0 Å². The zero-order valence-corrected chi connectivity index (χ0v) is 8.56. The predicted molar refractivity (Wildman–Crippen MR) is 53.1 cm³/mol. The number of hydrogen-bond acceptors (Lipinski definition) is 3. The molecule has 0 aromatic rings. The first-order chi connectivity index (χ1) is 7.15. The number of nitrogens with zero attached hydrogens (tertiary/aromatic N) is 1. The summed E-state index contributed by atoms with van der Waals surface area (Å²) < 4.78 is 0. The van der Waals surface area contributed by atoms with Crippen LogP contribution in [0.15, 0.2) is 0 Å². The van der Waals surface area contributed by atoms with Gasteiger partial charge in [0.1, 0.15) is 0 Å². The average Bonchev–Trinajstić information content (AvgIpc) is 2.74. The molecule has 3 atom stereocenters. The van der Waals surface area contributed by atoms with Gasteiger partial charge in [-0.15, -0.1) is 0 Å². The van der Waals surface area contributed by atoms with E-state index in [9.17, 15) is 9.59 Å². The van der Waals surface area contributed by atoms with Crippen molar-refractivity contribution < 1.29 is 14.7 Å². The quantitative estimate of drug-likeness (QED) is 0.678. The molecule has 3 unspecified atom stereocenters. The van der Waals surface area contributed by atoms with E-state index in [0.717, 1.165) is 12.8 Å². The molecule has 0 aliphatic carbocycles. The van der Waals surface area contributed by atoms with E-state index in [1.54, 1.807) is 4.90 Å². The molecule has 0 saturated carbocycles. The Morgan fingerprint density at radius 2 is 2.13 bits per heavy atom. The van der Waals surface area contributed by atoms with Gasteiger partial charge in [-0.25, -0.2) is 0 Å². The summed E-state index contributed by atoms with van der Waals surface area (Å²) in [5.41, 5.74) is 5.34. The third kappa shape index (κ3) is 1.61. The van der Waals surface area contributed by atoms with E-state index in [1.165, 1.54) is 0 Å². The third-order valence-electron chi connectivity index (χ3n) is 3.50. The molecule has 84 valence electrons. The highest BCUT2D eigenvalue weighted by Crippen LogP contribution is 2.41. The molecule has 1 amide bonds. The van der Waals surface area contributed by atoms with Crippen molar-refractivity contribution in [2.24, 2.45) is 11.7 Å². The Morgan fingerprint density at radius 1 is 1.40 bits per heavy atom. The van der Waals surface area contributed by atoms with Crippen molar-refractivity contribution >= 4 is 11.9 Å². The van der Waals surface area contributed by atoms with E-state index in [0.29, 0.717) is 19.4 Å². The zero-order valence-electron chi connectivity index (χ0n) is 8.56. The molecule has 3 N–H and O–H groups in total. The fourth-order valence-electron chi connectivity index (χ4n) is 2.90. The van der Waals surface area contributed by atoms with Crippen molar-refractivity contribution in [2.75, 3.05) is 6.54 Å². The molecule has 15 heavy (non-hydrogen) atoms. The highest BCUT2D eigenvalue weighted by Gasteiger charge is 2.50. The summed E-state index contributed by atoms with van der Waals surface area (Å²) in [6.07, 6.45) is 2.73. The molecule has 2 aliphatic rings. The summed E-state index contributed by atoms with van der Waals surface area (Å²) in [6, 6.07) is 0.0710. The summed E-state index contributed by atoms with van der Waals surface area (Å²) in [7, 11) is 0. The van der Waals surface area contributed by atoms with E-state index >= 15 is 0 Å². The number of carboxylic acid groups (broad SMARTS) is 1. The molecule has 0 spiro atoms. The van der Waals surface area contributed by atoms with Gasteiger partial charge in [-0.05, 0) is 19.3 Å². The molecule has 0 aromatic heterocycles. The second kappa shape index (κ2) is 3.81. The summed E-state index contributed by atoms with van der Waals surface area (Å²) in [6.45, 7) is 0.340. The van der Waals surface area contributed by atoms with Crippen molar-refractivity contribution in [1.82, 2.24) is 4.90 Å². The fraction of sp³-hybridized carbons (Fsp3) is 0.800. The summed E-state index contributed by atoms with van der Waals surface area (Å²) in [5, 5.41) is 9.00. The van der Waals surface area contributed by atoms with Gasteiger partial charge in [-0.2, -0.15) is 0 Å². The minimum Gasteiger partial charge on any atom is -0.481 e. The molecule has 2 bridgehead atoms. The van der Waals surface area contributed by atoms with Gasteiger partial charge in [0, 0.05) is 25.0 Å². The molecule has 2 rings (SSSR count). The summed E-state index contributed by atoms with van der Waals surface area (Å²) >= 11 is 0. The Bertz CT molecular complexity index is 292. The highest BCUT2D eigenvalue weighted by molar-refractivity contribution is 5.80. The van der Waals surface area contributed by atoms with Gasteiger partial charge >= 0.3 is 5.97 Å². The number of fused-ring (bicyclic) bond motifs is 2. The topological polar surface area (TPSA) is 83.6 Å². The minimum atomic E-state index is -0.771. The van der Waals surface area contributed by atoms with Crippen LogP contribution in [-0.4, -0.2) is 40.5 Å². The maximum absolute atomic E-state index is 11.7. The molecular weight excluding hydrogens is 196 g/mol. The number of nitrogens with two attached hydrogens (primary N) is 1. The lowest BCUT2D eigenvalue weighted by Crippen LogP contribution is -2.38. The van der Waals surface area contributed by atoms with Crippen LogP contribution in [-0.2, 0) is 9.59 Å². The number of carbonyl (C=O) groups excluding carboxylic acids is 1. The van der Waals surface area contributed by atoms with Gasteiger partial charge in [0.25, 0.3) is 0 Å². The van der Waals surface area contributed by atoms with Crippen molar-refractivity contribution in [3.63, 3.8) is 0 Å². The second-order valence-electron chi connectivity index (χ2n) is 4.32. The van der Waals surface area contributed by atoms with E-state index in [2.05, 4.69) is 0 Å². The Balaban J connectivity index is 2.09. The molecule has 0 aromatic carbocycles. The van der Waals surface area contributed by atoms with Gasteiger partial charge in [-0.3, -0.25) is 9.59 Å². The molecule has 2 fully saturated rings. The lowest BCUT2D eigenvalue weighted by Gasteiger charge is -2.22. The summed E-state index contributed by atoms with van der Waals surface area (Å²) in [5.74, 6) is -1.10. The second-order valence-corrected chi connectivity index (χ2v) is 4.32. The molecule has 5 heteroatoms. The molecule has 2 heterocycles. The zero-order chi connectivity index (χ0) is 11.0. The number of aliphatic carboxylic acids is 1. The molecule has 2 saturated heterocycles. The number of hydrogen-bond donors (Lipinski definition) is 2. The van der Waals surface area contributed by atoms with E-state index in [4.69, 9.17) is 10.8 Å². The Hall–Kier alpha value is -1.10. The van der Waals surface area contributed by atoms with Gasteiger partial charge in [0.15, 0.2) is 0 Å². The standard InChI is InChI=1S/C10H16N2O3/c11-4-3-9(13)12-6-1-2-8(12)7(5-6)10(14)15/h6-8H,1-5,11H2,(H,14,15). The molecule has 0 radical (unpaired) electrons. The fourth-order valence-corrected chi connectivity index (χ4v) is 2.90. The minimum absolute atomic E-state index is 0.0220. The first kappa shape index (κ1) is 10.4. The smallest absolute Gasteiger partial charge is 0.308 e. The van der Waals surface area contributed by atoms with Gasteiger partial charge in [0.2, 0.25) is 5.91 Å². The predicted octanol–water partition coefficient (Wildman–Crippen LogP) is -0.201. The number of carbonyl (C=O) groups is 2. The maximum Gasteiger partial charge on any atom is 0.308 e. The van der Waals surface area contributed by atoms with Gasteiger partial charge < -0.3 is 15.7 Å². The van der Waals surface area contributed by atoms with Crippen molar-refractivity contribution in [1.29, 1.82) is 0 Å². The van der Waals surface area contributed by atoms with Crippen LogP contribution in [0.3, 0.4) is 0 Å². The van der Waals surface area contributed by atoms with Crippen LogP contribution in [0.5, 0.6) is 0 Å². The maximum atomic E-state index is 11.7. The number of amides is 1. The number of carboxylic acids is 1. The van der Waals surface area contributed by atoms with Crippen LogP contribution in [0.1, 0.15) is 25.7 Å². The van der Waals surface area contributed by atoms with Crippen LogP contribution in [0.25, 0.3) is 0 Å². The number of rotatable bonds is 3. The largest absolute Gasteiger partial charge is 0.481 e. The van der Waals surface area contributed by atoms with Crippen LogP contribution >= 0.6 is 0 Å². The van der Waals surface area contributed by atoms with Crippen LogP contribution in [0.4, 0.5) is 0 Å². The molecule has 5 nitrogen and oxygen atoms in total. The third-order valence-corrected chi connectivity index (χ3v) is 3.50. The first-order valence-electron chi connectivity index (χ1n) is 5.39. The monoisotopic (exact) mass is 212 g/mol. The van der Waals surface area contributed by atoms with E-state index < -0.39 is 5.97 Å². The lowest BCUT2D eigenvalue weighted by molar-refractivity contribution is -0.143. The Labute approximate surface area is 88.2 Å². The highest BCUT2D eigenvalue weighted by atomic mass is 16.4. The van der Waals surface area contributed by atoms with Crippen molar-refractivity contribution in [3.8, 4) is 0 Å². The van der Waals surface area contributed by atoms with Crippen LogP contribution in [0, 0.1) is 5.92 Å². The van der Waals surface area contributed by atoms with Crippen LogP contribution < -0.4 is 5.73 Å². The van der Waals surface area contributed by atoms with Gasteiger partial charge in [-0.1, -0.05) is 0 Å². The normalized spacial score (nSPS) is 33.4. The SMILES string of the molecule is NCCC(=O)N1C2CCC1C(C(=O)O)C2. The van der Waals surface area contributed by atoms with E-state index in [1.807, 2.05) is 0 Å². The van der Waals surface area contributed by atoms with E-state index in [-0.39, 0.29) is 23.9 Å².